The number of nitriles is 1. The summed E-state index contributed by atoms with van der Waals surface area (Å²) in [5.41, 5.74) is 10.4. The molecular formula is C15H13N5. The number of hydrogen-bond donors (Lipinski definition) is 2. The average molecular weight is 263 g/mol. The monoisotopic (exact) mass is 263 g/mol. The van der Waals surface area contributed by atoms with Gasteiger partial charge in [-0.05, 0) is 25.0 Å². The van der Waals surface area contributed by atoms with Gasteiger partial charge in [0.2, 0.25) is 0 Å². The van der Waals surface area contributed by atoms with Crippen molar-refractivity contribution in [1.29, 1.82) is 5.26 Å². The summed E-state index contributed by atoms with van der Waals surface area (Å²) in [5, 5.41) is 17.0. The predicted molar refractivity (Wildman–Crippen MR) is 77.9 cm³/mol. The molecule has 0 radical (unpaired) electrons. The summed E-state index contributed by atoms with van der Waals surface area (Å²) in [6.45, 7) is 3.87. The maximum Gasteiger partial charge on any atom is 0.184 e. The smallest absolute Gasteiger partial charge is 0.184 e. The van der Waals surface area contributed by atoms with Crippen LogP contribution in [0, 0.1) is 25.2 Å². The molecule has 20 heavy (non-hydrogen) atoms. The molecule has 0 unspecified atom stereocenters. The first-order valence-electron chi connectivity index (χ1n) is 6.23. The number of rotatable bonds is 1. The molecular weight excluding hydrogens is 250 g/mol. The van der Waals surface area contributed by atoms with Gasteiger partial charge in [0.15, 0.2) is 5.65 Å². The van der Waals surface area contributed by atoms with Gasteiger partial charge in [-0.3, -0.25) is 5.10 Å². The molecule has 0 atom stereocenters. The quantitative estimate of drug-likeness (QED) is 0.706. The Balaban J connectivity index is 2.43. The minimum absolute atomic E-state index is 0.442. The third-order valence-corrected chi connectivity index (χ3v) is 3.49. The first kappa shape index (κ1) is 12.2. The Morgan fingerprint density at radius 2 is 2.00 bits per heavy atom. The van der Waals surface area contributed by atoms with Gasteiger partial charge in [0.1, 0.15) is 11.9 Å². The molecule has 0 saturated carbocycles. The van der Waals surface area contributed by atoms with Gasteiger partial charge < -0.3 is 5.73 Å². The Morgan fingerprint density at radius 1 is 1.25 bits per heavy atom. The molecule has 2 aromatic heterocycles. The summed E-state index contributed by atoms with van der Waals surface area (Å²) in [5.74, 6) is 0.442. The number of H-pyrrole nitrogens is 1. The van der Waals surface area contributed by atoms with Crippen molar-refractivity contribution in [3.05, 3.63) is 41.0 Å². The Kier molecular flexibility index (Phi) is 2.65. The highest BCUT2D eigenvalue weighted by molar-refractivity contribution is 5.93. The van der Waals surface area contributed by atoms with Crippen molar-refractivity contribution >= 4 is 16.9 Å². The van der Waals surface area contributed by atoms with E-state index in [1.54, 1.807) is 0 Å². The molecule has 0 aliphatic carbocycles. The number of pyridine rings is 1. The number of benzene rings is 1. The van der Waals surface area contributed by atoms with Crippen LogP contribution in [0.3, 0.4) is 0 Å². The maximum absolute atomic E-state index is 9.48. The van der Waals surface area contributed by atoms with Gasteiger partial charge in [0.05, 0.1) is 16.6 Å². The Labute approximate surface area is 116 Å². The number of aryl methyl sites for hydroxylation is 2. The number of hydrogen-bond acceptors (Lipinski definition) is 4. The van der Waals surface area contributed by atoms with Crippen LogP contribution < -0.4 is 5.73 Å². The minimum atomic E-state index is 0.442. The van der Waals surface area contributed by atoms with Crippen molar-refractivity contribution in [3.8, 4) is 17.3 Å². The summed E-state index contributed by atoms with van der Waals surface area (Å²) in [4.78, 5) is 4.51. The van der Waals surface area contributed by atoms with Crippen LogP contribution in [-0.4, -0.2) is 15.2 Å². The highest BCUT2D eigenvalue weighted by Crippen LogP contribution is 2.32. The molecule has 5 nitrogen and oxygen atoms in total. The normalized spacial score (nSPS) is 10.7. The number of nitrogens with zero attached hydrogens (tertiary/aromatic N) is 3. The lowest BCUT2D eigenvalue weighted by Crippen LogP contribution is -1.97. The molecule has 1 aromatic carbocycles. The van der Waals surface area contributed by atoms with Gasteiger partial charge in [-0.15, -0.1) is 0 Å². The van der Waals surface area contributed by atoms with Crippen LogP contribution in [0.5, 0.6) is 0 Å². The highest BCUT2D eigenvalue weighted by Gasteiger charge is 2.18. The summed E-state index contributed by atoms with van der Waals surface area (Å²) >= 11 is 0. The SMILES string of the molecule is Cc1ccccc1-c1nc2n[nH]c(N)c2c(C)c1C#N. The standard InChI is InChI=1S/C15H13N5/c1-8-5-3-4-6-10(8)13-11(7-16)9(2)12-14(17)19-20-15(12)18-13/h3-6H,1-2H3,(H3,17,18,19,20). The van der Waals surface area contributed by atoms with E-state index in [1.807, 2.05) is 38.1 Å². The van der Waals surface area contributed by atoms with Gasteiger partial charge in [0, 0.05) is 5.56 Å². The largest absolute Gasteiger partial charge is 0.384 e. The lowest BCUT2D eigenvalue weighted by molar-refractivity contribution is 1.10. The van der Waals surface area contributed by atoms with Crippen molar-refractivity contribution in [2.45, 2.75) is 13.8 Å². The Bertz CT molecular complexity index is 855. The lowest BCUT2D eigenvalue weighted by Gasteiger charge is -2.09. The van der Waals surface area contributed by atoms with Crippen molar-refractivity contribution in [3.63, 3.8) is 0 Å². The molecule has 0 aliphatic rings. The van der Waals surface area contributed by atoms with E-state index in [2.05, 4.69) is 21.3 Å². The number of fused-ring (bicyclic) bond motifs is 1. The van der Waals surface area contributed by atoms with E-state index >= 15 is 0 Å². The fraction of sp³-hybridized carbons (Fsp3) is 0.133. The summed E-state index contributed by atoms with van der Waals surface area (Å²) < 4.78 is 0. The van der Waals surface area contributed by atoms with Gasteiger partial charge in [-0.2, -0.15) is 10.4 Å². The first-order valence-corrected chi connectivity index (χ1v) is 6.23. The Hall–Kier alpha value is -2.87. The van der Waals surface area contributed by atoms with Crippen molar-refractivity contribution in [2.24, 2.45) is 0 Å². The maximum atomic E-state index is 9.48. The Morgan fingerprint density at radius 3 is 2.70 bits per heavy atom. The van der Waals surface area contributed by atoms with E-state index in [0.717, 1.165) is 22.1 Å². The highest BCUT2D eigenvalue weighted by atomic mass is 15.2. The zero-order chi connectivity index (χ0) is 14.3. The molecule has 0 spiro atoms. The first-order chi connectivity index (χ1) is 9.63. The van der Waals surface area contributed by atoms with Gasteiger partial charge in [0.25, 0.3) is 0 Å². The van der Waals surface area contributed by atoms with Crippen molar-refractivity contribution < 1.29 is 0 Å². The summed E-state index contributed by atoms with van der Waals surface area (Å²) in [7, 11) is 0. The van der Waals surface area contributed by atoms with Crippen LogP contribution in [0.1, 0.15) is 16.7 Å². The van der Waals surface area contributed by atoms with Crippen LogP contribution in [0.4, 0.5) is 5.82 Å². The van der Waals surface area contributed by atoms with Crippen molar-refractivity contribution in [2.75, 3.05) is 5.73 Å². The number of nitrogens with one attached hydrogen (secondary N) is 1. The fourth-order valence-electron chi connectivity index (χ4n) is 2.43. The second-order valence-corrected chi connectivity index (χ2v) is 4.72. The van der Waals surface area contributed by atoms with Crippen LogP contribution in [0.2, 0.25) is 0 Å². The minimum Gasteiger partial charge on any atom is -0.384 e. The predicted octanol–water partition coefficient (Wildman–Crippen LogP) is 2.70. The van der Waals surface area contributed by atoms with E-state index in [9.17, 15) is 5.26 Å². The van der Waals surface area contributed by atoms with Crippen molar-refractivity contribution in [1.82, 2.24) is 15.2 Å². The van der Waals surface area contributed by atoms with Crippen LogP contribution >= 0.6 is 0 Å². The lowest BCUT2D eigenvalue weighted by atomic mass is 9.97. The number of nitrogens with two attached hydrogens (primary N) is 1. The average Bonchev–Trinajstić information content (AvgIpc) is 2.81. The molecule has 3 N–H and O–H groups in total. The van der Waals surface area contributed by atoms with Crippen LogP contribution in [0.15, 0.2) is 24.3 Å². The summed E-state index contributed by atoms with van der Waals surface area (Å²) in [6.07, 6.45) is 0. The van der Waals surface area contributed by atoms with E-state index in [4.69, 9.17) is 5.73 Å². The van der Waals surface area contributed by atoms with E-state index < -0.39 is 0 Å². The van der Waals surface area contributed by atoms with Crippen LogP contribution in [-0.2, 0) is 0 Å². The van der Waals surface area contributed by atoms with Gasteiger partial charge in [-0.25, -0.2) is 4.98 Å². The number of nitrogen functional groups attached to an aromatic ring is 1. The molecule has 98 valence electrons. The number of aromatic nitrogens is 3. The third kappa shape index (κ3) is 1.62. The fourth-order valence-corrected chi connectivity index (χ4v) is 2.43. The van der Waals surface area contributed by atoms with E-state index in [0.29, 0.717) is 22.7 Å². The molecule has 0 bridgehead atoms. The molecule has 3 aromatic rings. The molecule has 0 amide bonds. The topological polar surface area (TPSA) is 91.4 Å². The van der Waals surface area contributed by atoms with E-state index in [-0.39, 0.29) is 0 Å². The molecule has 0 fully saturated rings. The van der Waals surface area contributed by atoms with E-state index in [1.165, 1.54) is 0 Å². The van der Waals surface area contributed by atoms with Crippen LogP contribution in [0.25, 0.3) is 22.3 Å². The second kappa shape index (κ2) is 4.35. The molecule has 5 heteroatoms. The van der Waals surface area contributed by atoms with Gasteiger partial charge >= 0.3 is 0 Å². The zero-order valence-corrected chi connectivity index (χ0v) is 11.2. The number of aromatic amines is 1. The molecule has 3 rings (SSSR count). The molecule has 0 aliphatic heterocycles. The second-order valence-electron chi connectivity index (χ2n) is 4.72. The van der Waals surface area contributed by atoms with Gasteiger partial charge in [-0.1, -0.05) is 24.3 Å². The third-order valence-electron chi connectivity index (χ3n) is 3.49. The zero-order valence-electron chi connectivity index (χ0n) is 11.2. The number of anilines is 1. The molecule has 0 saturated heterocycles. The molecule has 2 heterocycles. The summed E-state index contributed by atoms with van der Waals surface area (Å²) in [6, 6.07) is 10.1.